The van der Waals surface area contributed by atoms with Crippen LogP contribution in [-0.4, -0.2) is 14.9 Å². The topological polar surface area (TPSA) is 44.0 Å². The van der Waals surface area contributed by atoms with Gasteiger partial charge >= 0.3 is 5.69 Å². The number of Topliss-reactive ketones (excluding diaryl/α,β-unsaturated/α-hetero) is 1. The van der Waals surface area contributed by atoms with Crippen LogP contribution >= 0.6 is 23.2 Å². The lowest BCUT2D eigenvalue weighted by Gasteiger charge is -2.03. The minimum absolute atomic E-state index is 0.0162. The molecule has 18 heavy (non-hydrogen) atoms. The van der Waals surface area contributed by atoms with E-state index in [1.54, 1.807) is 31.6 Å². The number of aromatic nitrogens is 2. The molecule has 0 aliphatic carbocycles. The van der Waals surface area contributed by atoms with E-state index in [-0.39, 0.29) is 18.0 Å². The molecule has 94 valence electrons. The molecule has 1 aromatic carbocycles. The molecule has 0 fully saturated rings. The molecule has 2 aromatic rings. The minimum Gasteiger partial charge on any atom is -0.302 e. The second kappa shape index (κ2) is 5.00. The van der Waals surface area contributed by atoms with Crippen LogP contribution in [0.25, 0.3) is 0 Å². The van der Waals surface area contributed by atoms with E-state index in [1.807, 2.05) is 0 Å². The Bertz CT molecular complexity index is 658. The number of carbonyl (C=O) groups excluding carboxylic acids is 1. The Kier molecular flexibility index (Phi) is 3.59. The number of aryl methyl sites for hydroxylation is 1. The molecular weight excluding hydrogens is 275 g/mol. The Morgan fingerprint density at radius 2 is 1.94 bits per heavy atom. The molecule has 4 nitrogen and oxygen atoms in total. The van der Waals surface area contributed by atoms with E-state index in [0.29, 0.717) is 15.6 Å². The highest BCUT2D eigenvalue weighted by atomic mass is 35.5. The van der Waals surface area contributed by atoms with Crippen molar-refractivity contribution in [1.29, 1.82) is 0 Å². The molecule has 6 heteroatoms. The van der Waals surface area contributed by atoms with E-state index < -0.39 is 0 Å². The van der Waals surface area contributed by atoms with Crippen molar-refractivity contribution >= 4 is 29.0 Å². The summed E-state index contributed by atoms with van der Waals surface area (Å²) in [5.41, 5.74) is 0.198. The first-order valence-corrected chi connectivity index (χ1v) is 5.94. The Morgan fingerprint density at radius 1 is 1.22 bits per heavy atom. The highest BCUT2D eigenvalue weighted by Gasteiger charge is 2.10. The number of nitrogens with zero attached hydrogens (tertiary/aromatic N) is 2. The molecule has 0 saturated heterocycles. The number of imidazole rings is 1. The zero-order valence-corrected chi connectivity index (χ0v) is 11.1. The third-order valence-corrected chi connectivity index (χ3v) is 3.31. The van der Waals surface area contributed by atoms with E-state index in [2.05, 4.69) is 0 Å². The number of rotatable bonds is 3. The van der Waals surface area contributed by atoms with Gasteiger partial charge in [0.2, 0.25) is 0 Å². The monoisotopic (exact) mass is 284 g/mol. The summed E-state index contributed by atoms with van der Waals surface area (Å²) in [6, 6.07) is 4.65. The first-order valence-electron chi connectivity index (χ1n) is 5.19. The molecule has 0 aliphatic rings. The fourth-order valence-electron chi connectivity index (χ4n) is 1.55. The van der Waals surface area contributed by atoms with Gasteiger partial charge in [0, 0.05) is 25.0 Å². The number of ketones is 1. The van der Waals surface area contributed by atoms with Crippen LogP contribution in [-0.2, 0) is 13.6 Å². The van der Waals surface area contributed by atoms with Crippen LogP contribution in [0, 0.1) is 0 Å². The van der Waals surface area contributed by atoms with Gasteiger partial charge in [0.05, 0.1) is 16.6 Å². The van der Waals surface area contributed by atoms with Crippen LogP contribution in [0.4, 0.5) is 0 Å². The first kappa shape index (κ1) is 12.9. The quantitative estimate of drug-likeness (QED) is 0.813. The highest BCUT2D eigenvalue weighted by Crippen LogP contribution is 2.22. The van der Waals surface area contributed by atoms with Gasteiger partial charge < -0.3 is 4.57 Å². The van der Waals surface area contributed by atoms with Crippen molar-refractivity contribution in [3.8, 4) is 0 Å². The summed E-state index contributed by atoms with van der Waals surface area (Å²) < 4.78 is 2.74. The smallest absolute Gasteiger partial charge is 0.302 e. The second-order valence-electron chi connectivity index (χ2n) is 3.87. The SMILES string of the molecule is Cn1ccn(CC(=O)c2ccc(Cl)c(Cl)c2)c1=O. The zero-order valence-electron chi connectivity index (χ0n) is 9.56. The average Bonchev–Trinajstić information content (AvgIpc) is 2.64. The van der Waals surface area contributed by atoms with E-state index >= 15 is 0 Å². The van der Waals surface area contributed by atoms with Crippen molar-refractivity contribution in [2.45, 2.75) is 6.54 Å². The third kappa shape index (κ3) is 2.49. The Labute approximate surface area is 113 Å². The van der Waals surface area contributed by atoms with Gasteiger partial charge in [-0.15, -0.1) is 0 Å². The number of benzene rings is 1. The van der Waals surface area contributed by atoms with Gasteiger partial charge in [-0.25, -0.2) is 4.79 Å². The minimum atomic E-state index is -0.233. The third-order valence-electron chi connectivity index (χ3n) is 2.57. The van der Waals surface area contributed by atoms with Crippen LogP contribution in [0.3, 0.4) is 0 Å². The standard InChI is InChI=1S/C12H10Cl2N2O2/c1-15-4-5-16(12(15)18)7-11(17)8-2-3-9(13)10(14)6-8/h2-6H,7H2,1H3. The highest BCUT2D eigenvalue weighted by molar-refractivity contribution is 6.42. The number of hydrogen-bond donors (Lipinski definition) is 0. The summed E-state index contributed by atoms with van der Waals surface area (Å²) in [4.78, 5) is 23.6. The lowest BCUT2D eigenvalue weighted by Crippen LogP contribution is -2.25. The number of halogens is 2. The van der Waals surface area contributed by atoms with Crippen molar-refractivity contribution in [3.05, 3.63) is 56.7 Å². The van der Waals surface area contributed by atoms with Crippen molar-refractivity contribution in [1.82, 2.24) is 9.13 Å². The van der Waals surface area contributed by atoms with Gasteiger partial charge in [-0.3, -0.25) is 9.36 Å². The molecule has 2 rings (SSSR count). The molecule has 0 atom stereocenters. The summed E-state index contributed by atoms with van der Waals surface area (Å²) in [5, 5.41) is 0.716. The summed E-state index contributed by atoms with van der Waals surface area (Å²) in [6.07, 6.45) is 3.17. The first-order chi connectivity index (χ1) is 8.49. The summed E-state index contributed by atoms with van der Waals surface area (Å²) in [7, 11) is 1.63. The fraction of sp³-hybridized carbons (Fsp3) is 0.167. The van der Waals surface area contributed by atoms with Crippen molar-refractivity contribution < 1.29 is 4.79 Å². The summed E-state index contributed by atoms with van der Waals surface area (Å²) >= 11 is 11.6. The van der Waals surface area contributed by atoms with Crippen molar-refractivity contribution in [2.24, 2.45) is 7.05 Å². The van der Waals surface area contributed by atoms with Gasteiger partial charge in [-0.1, -0.05) is 23.2 Å². The van der Waals surface area contributed by atoms with Gasteiger partial charge in [0.1, 0.15) is 0 Å². The van der Waals surface area contributed by atoms with E-state index in [1.165, 1.54) is 15.2 Å². The lowest BCUT2D eigenvalue weighted by atomic mass is 10.1. The zero-order chi connectivity index (χ0) is 13.3. The maximum Gasteiger partial charge on any atom is 0.328 e. The molecule has 1 aromatic heterocycles. The van der Waals surface area contributed by atoms with Crippen LogP contribution in [0.2, 0.25) is 10.0 Å². The number of carbonyl (C=O) groups is 1. The van der Waals surface area contributed by atoms with Gasteiger partial charge in [-0.2, -0.15) is 0 Å². The molecule has 1 heterocycles. The molecule has 0 spiro atoms. The van der Waals surface area contributed by atoms with Gasteiger partial charge in [0.25, 0.3) is 0 Å². The maximum atomic E-state index is 12.0. The Hall–Kier alpha value is -1.52. The normalized spacial score (nSPS) is 10.6. The van der Waals surface area contributed by atoms with Crippen molar-refractivity contribution in [3.63, 3.8) is 0 Å². The summed E-state index contributed by atoms with van der Waals surface area (Å²) in [6.45, 7) is -0.0162. The van der Waals surface area contributed by atoms with Crippen LogP contribution in [0.5, 0.6) is 0 Å². The molecular formula is C12H10Cl2N2O2. The predicted molar refractivity (Wildman–Crippen MR) is 70.5 cm³/mol. The van der Waals surface area contributed by atoms with E-state index in [0.717, 1.165) is 0 Å². The second-order valence-corrected chi connectivity index (χ2v) is 4.69. The van der Waals surface area contributed by atoms with Crippen molar-refractivity contribution in [2.75, 3.05) is 0 Å². The molecule has 0 amide bonds. The Balaban J connectivity index is 2.25. The average molecular weight is 285 g/mol. The van der Waals surface area contributed by atoms with Gasteiger partial charge in [-0.05, 0) is 18.2 Å². The Morgan fingerprint density at radius 3 is 2.50 bits per heavy atom. The molecule has 0 aliphatic heterocycles. The lowest BCUT2D eigenvalue weighted by molar-refractivity contribution is 0.0971. The molecule has 0 radical (unpaired) electrons. The summed E-state index contributed by atoms with van der Waals surface area (Å²) in [5.74, 6) is -0.193. The number of hydrogen-bond acceptors (Lipinski definition) is 2. The van der Waals surface area contributed by atoms with Crippen LogP contribution in [0.1, 0.15) is 10.4 Å². The largest absolute Gasteiger partial charge is 0.328 e. The molecule has 0 N–H and O–H groups in total. The molecule has 0 bridgehead atoms. The maximum absolute atomic E-state index is 12.0. The van der Waals surface area contributed by atoms with E-state index in [4.69, 9.17) is 23.2 Å². The van der Waals surface area contributed by atoms with Gasteiger partial charge in [0.15, 0.2) is 5.78 Å². The van der Waals surface area contributed by atoms with Crippen LogP contribution < -0.4 is 5.69 Å². The van der Waals surface area contributed by atoms with E-state index in [9.17, 15) is 9.59 Å². The predicted octanol–water partition coefficient (Wildman–Crippen LogP) is 2.38. The molecule has 0 unspecified atom stereocenters. The molecule has 0 saturated carbocycles. The van der Waals surface area contributed by atoms with Crippen LogP contribution in [0.15, 0.2) is 35.4 Å². The fourth-order valence-corrected chi connectivity index (χ4v) is 1.84.